The van der Waals surface area contributed by atoms with Crippen molar-refractivity contribution in [2.24, 2.45) is 0 Å². The van der Waals surface area contributed by atoms with Crippen LogP contribution in [0.2, 0.25) is 0 Å². The first-order valence-corrected chi connectivity index (χ1v) is 9.19. The van der Waals surface area contributed by atoms with E-state index in [4.69, 9.17) is 0 Å². The summed E-state index contributed by atoms with van der Waals surface area (Å²) in [6, 6.07) is 7.71. The number of H-pyrrole nitrogens is 1. The van der Waals surface area contributed by atoms with Gasteiger partial charge in [0.2, 0.25) is 5.78 Å². The number of thioether (sulfide) groups is 1. The quantitative estimate of drug-likeness (QED) is 0.582. The molecule has 0 fully saturated rings. The van der Waals surface area contributed by atoms with Gasteiger partial charge in [0.05, 0.1) is 29.5 Å². The van der Waals surface area contributed by atoms with Gasteiger partial charge < -0.3 is 4.90 Å². The van der Waals surface area contributed by atoms with E-state index in [1.165, 1.54) is 16.9 Å². The molecule has 1 N–H and O–H groups in total. The molecule has 0 saturated carbocycles. The minimum atomic E-state index is 0.0315. The monoisotopic (exact) mass is 342 g/mol. The Labute approximate surface area is 141 Å². The minimum Gasteiger partial charge on any atom is -0.338 e. The molecule has 1 aromatic carbocycles. The lowest BCUT2D eigenvalue weighted by molar-refractivity contribution is 0.104. The molecule has 1 aliphatic rings. The summed E-state index contributed by atoms with van der Waals surface area (Å²) in [6.45, 7) is 1.55. The lowest BCUT2D eigenvalue weighted by Gasteiger charge is -2.12. The van der Waals surface area contributed by atoms with Gasteiger partial charge in [-0.25, -0.2) is 4.98 Å². The summed E-state index contributed by atoms with van der Waals surface area (Å²) in [6.07, 6.45) is 5.53. The summed E-state index contributed by atoms with van der Waals surface area (Å²) in [7, 11) is 0. The number of thiazole rings is 1. The number of carbonyl (C=O) groups is 1. The van der Waals surface area contributed by atoms with Gasteiger partial charge in [0.15, 0.2) is 5.13 Å². The van der Waals surface area contributed by atoms with Crippen LogP contribution in [0.4, 0.5) is 5.13 Å². The van der Waals surface area contributed by atoms with Crippen molar-refractivity contribution in [2.75, 3.05) is 11.2 Å². The van der Waals surface area contributed by atoms with E-state index in [1.54, 1.807) is 18.0 Å². The van der Waals surface area contributed by atoms with E-state index < -0.39 is 0 Å². The number of aromatic nitrogens is 3. The highest BCUT2D eigenvalue weighted by atomic mass is 32.2. The molecule has 0 radical (unpaired) electrons. The van der Waals surface area contributed by atoms with Crippen LogP contribution in [0, 0.1) is 0 Å². The van der Waals surface area contributed by atoms with E-state index in [1.807, 2.05) is 36.7 Å². The maximum absolute atomic E-state index is 12.6. The Morgan fingerprint density at radius 1 is 1.35 bits per heavy atom. The third-order valence-corrected chi connectivity index (χ3v) is 5.62. The maximum Gasteiger partial charge on any atom is 0.204 e. The van der Waals surface area contributed by atoms with Crippen molar-refractivity contribution >= 4 is 34.0 Å². The zero-order chi connectivity index (χ0) is 15.8. The van der Waals surface area contributed by atoms with E-state index in [-0.39, 0.29) is 5.78 Å². The molecule has 5 nitrogen and oxygen atoms in total. The van der Waals surface area contributed by atoms with Crippen molar-refractivity contribution in [3.8, 4) is 0 Å². The van der Waals surface area contributed by atoms with Crippen LogP contribution in [0.25, 0.3) is 0 Å². The highest BCUT2D eigenvalue weighted by Gasteiger charge is 2.24. The Morgan fingerprint density at radius 3 is 3.09 bits per heavy atom. The molecular formula is C16H14N4OS2. The summed E-state index contributed by atoms with van der Waals surface area (Å²) < 4.78 is 0. The average molecular weight is 342 g/mol. The largest absolute Gasteiger partial charge is 0.338 e. The van der Waals surface area contributed by atoms with Gasteiger partial charge in [0.1, 0.15) is 0 Å². The van der Waals surface area contributed by atoms with E-state index in [0.29, 0.717) is 10.4 Å². The van der Waals surface area contributed by atoms with Crippen molar-refractivity contribution in [1.82, 2.24) is 15.2 Å². The predicted molar refractivity (Wildman–Crippen MR) is 92.2 cm³/mol. The van der Waals surface area contributed by atoms with Gasteiger partial charge in [-0.3, -0.25) is 9.89 Å². The molecule has 2 aromatic heterocycles. The summed E-state index contributed by atoms with van der Waals surface area (Å²) in [5.41, 5.74) is 3.03. The Hall–Kier alpha value is -2.12. The van der Waals surface area contributed by atoms with Crippen LogP contribution >= 0.6 is 23.1 Å². The Bertz CT molecular complexity index is 850. The van der Waals surface area contributed by atoms with Crippen LogP contribution in [0.1, 0.15) is 26.5 Å². The first-order valence-electron chi connectivity index (χ1n) is 7.15. The van der Waals surface area contributed by atoms with E-state index in [2.05, 4.69) is 20.1 Å². The van der Waals surface area contributed by atoms with Gasteiger partial charge >= 0.3 is 0 Å². The summed E-state index contributed by atoms with van der Waals surface area (Å²) in [5, 5.41) is 7.91. The minimum absolute atomic E-state index is 0.0315. The first-order chi connectivity index (χ1) is 11.2. The molecule has 4 rings (SSSR count). The summed E-state index contributed by atoms with van der Waals surface area (Å²) in [4.78, 5) is 21.0. The van der Waals surface area contributed by atoms with E-state index in [0.717, 1.165) is 28.8 Å². The SMILES string of the molecule is CSc1cccc(C(=O)c2cnc(N3Cc4cn[nH]c4C3)s2)c1. The molecule has 3 heterocycles. The third kappa shape index (κ3) is 2.66. The lowest BCUT2D eigenvalue weighted by atomic mass is 10.1. The molecule has 0 atom stereocenters. The van der Waals surface area contributed by atoms with Crippen LogP contribution in [0.3, 0.4) is 0 Å². The molecule has 0 spiro atoms. The molecule has 7 heteroatoms. The second kappa shape index (κ2) is 5.82. The number of nitrogens with one attached hydrogen (secondary N) is 1. The third-order valence-electron chi connectivity index (χ3n) is 3.84. The van der Waals surface area contributed by atoms with Crippen molar-refractivity contribution in [3.05, 3.63) is 58.4 Å². The van der Waals surface area contributed by atoms with Crippen LogP contribution in [0.5, 0.6) is 0 Å². The smallest absolute Gasteiger partial charge is 0.204 e. The number of anilines is 1. The summed E-state index contributed by atoms with van der Waals surface area (Å²) in [5.74, 6) is 0.0315. The zero-order valence-corrected chi connectivity index (χ0v) is 14.1. The molecule has 0 amide bonds. The number of aromatic amines is 1. The highest BCUT2D eigenvalue weighted by Crippen LogP contribution is 2.31. The normalized spacial score (nSPS) is 13.3. The van der Waals surface area contributed by atoms with Gasteiger partial charge in [-0.1, -0.05) is 23.5 Å². The van der Waals surface area contributed by atoms with Crippen molar-refractivity contribution < 1.29 is 4.79 Å². The first kappa shape index (κ1) is 14.5. The molecule has 0 unspecified atom stereocenters. The molecule has 1 aliphatic heterocycles. The molecule has 3 aromatic rings. The highest BCUT2D eigenvalue weighted by molar-refractivity contribution is 7.98. The van der Waals surface area contributed by atoms with E-state index in [9.17, 15) is 4.79 Å². The van der Waals surface area contributed by atoms with Gasteiger partial charge in [-0.15, -0.1) is 11.8 Å². The fourth-order valence-electron chi connectivity index (χ4n) is 2.62. The number of fused-ring (bicyclic) bond motifs is 1. The fourth-order valence-corrected chi connectivity index (χ4v) is 3.96. The topological polar surface area (TPSA) is 61.9 Å². The van der Waals surface area contributed by atoms with Crippen LogP contribution in [-0.2, 0) is 13.1 Å². The predicted octanol–water partition coefficient (Wildman–Crippen LogP) is 3.34. The number of benzene rings is 1. The number of nitrogens with zero attached hydrogens (tertiary/aromatic N) is 3. The molecule has 0 aliphatic carbocycles. The van der Waals surface area contributed by atoms with Crippen molar-refractivity contribution in [3.63, 3.8) is 0 Å². The van der Waals surface area contributed by atoms with Crippen molar-refractivity contribution in [1.29, 1.82) is 0 Å². The lowest BCUT2D eigenvalue weighted by Crippen LogP contribution is -2.14. The Kier molecular flexibility index (Phi) is 3.66. The van der Waals surface area contributed by atoms with Gasteiger partial charge in [-0.2, -0.15) is 5.10 Å². The molecular weight excluding hydrogens is 328 g/mol. The second-order valence-corrected chi connectivity index (χ2v) is 7.19. The molecule has 0 bridgehead atoms. The number of ketones is 1. The van der Waals surface area contributed by atoms with Gasteiger partial charge in [0, 0.05) is 22.6 Å². The van der Waals surface area contributed by atoms with E-state index >= 15 is 0 Å². The number of rotatable bonds is 4. The Morgan fingerprint density at radius 2 is 2.26 bits per heavy atom. The fraction of sp³-hybridized carbons (Fsp3) is 0.188. The van der Waals surface area contributed by atoms with Crippen LogP contribution in [0.15, 0.2) is 41.6 Å². The van der Waals surface area contributed by atoms with Gasteiger partial charge in [-0.05, 0) is 18.4 Å². The summed E-state index contributed by atoms with van der Waals surface area (Å²) >= 11 is 3.08. The average Bonchev–Trinajstić information content (AvgIpc) is 3.28. The Balaban J connectivity index is 1.56. The zero-order valence-electron chi connectivity index (χ0n) is 12.4. The maximum atomic E-state index is 12.6. The van der Waals surface area contributed by atoms with Crippen LogP contribution in [-0.4, -0.2) is 27.2 Å². The van der Waals surface area contributed by atoms with Gasteiger partial charge in [0.25, 0.3) is 0 Å². The molecule has 23 heavy (non-hydrogen) atoms. The second-order valence-electron chi connectivity index (χ2n) is 5.30. The molecule has 0 saturated heterocycles. The number of hydrogen-bond donors (Lipinski definition) is 1. The number of carbonyl (C=O) groups excluding carboxylic acids is 1. The number of hydrogen-bond acceptors (Lipinski definition) is 6. The van der Waals surface area contributed by atoms with Crippen LogP contribution < -0.4 is 4.90 Å². The molecule has 116 valence electrons. The standard InChI is InChI=1S/C16H14N4OS2/c1-22-12-4-2-3-10(5-12)15(21)14-7-17-16(23-14)20-8-11-6-18-19-13(11)9-20/h2-7H,8-9H2,1H3,(H,18,19). The van der Waals surface area contributed by atoms with Crippen molar-refractivity contribution in [2.45, 2.75) is 18.0 Å².